The van der Waals surface area contributed by atoms with Crippen molar-refractivity contribution in [1.29, 1.82) is 0 Å². The smallest absolute Gasteiger partial charge is 0.352 e. The number of benzene rings is 2. The van der Waals surface area contributed by atoms with E-state index in [0.29, 0.717) is 12.1 Å². The van der Waals surface area contributed by atoms with Crippen molar-refractivity contribution < 1.29 is 14.7 Å². The molecule has 0 heterocycles. The Morgan fingerprint density at radius 2 is 1.52 bits per heavy atom. The van der Waals surface area contributed by atoms with Gasteiger partial charge in [0, 0.05) is 18.2 Å². The number of carboxylic acids is 1. The number of aliphatic carboxylic acids is 1. The molecular formula is C17H15NO3. The number of carbonyl (C=O) groups excluding carboxylic acids is 1. The van der Waals surface area contributed by atoms with Crippen LogP contribution in [0.15, 0.2) is 72.4 Å². The third kappa shape index (κ3) is 4.31. The van der Waals surface area contributed by atoms with E-state index >= 15 is 0 Å². The molecule has 0 amide bonds. The Labute approximate surface area is 122 Å². The van der Waals surface area contributed by atoms with E-state index in [1.165, 1.54) is 0 Å². The van der Waals surface area contributed by atoms with Gasteiger partial charge >= 0.3 is 5.97 Å². The van der Waals surface area contributed by atoms with Gasteiger partial charge in [-0.05, 0) is 5.56 Å². The molecule has 0 saturated heterocycles. The van der Waals surface area contributed by atoms with Crippen LogP contribution in [0.5, 0.6) is 0 Å². The molecule has 0 bridgehead atoms. The first-order valence-corrected chi connectivity index (χ1v) is 6.49. The molecule has 2 rings (SSSR count). The zero-order chi connectivity index (χ0) is 15.1. The van der Waals surface area contributed by atoms with Crippen LogP contribution in [0.4, 0.5) is 0 Å². The minimum atomic E-state index is -1.16. The van der Waals surface area contributed by atoms with Crippen molar-refractivity contribution in [2.45, 2.75) is 6.54 Å². The molecule has 21 heavy (non-hydrogen) atoms. The number of carbonyl (C=O) groups is 2. The van der Waals surface area contributed by atoms with E-state index in [2.05, 4.69) is 5.32 Å². The Morgan fingerprint density at radius 3 is 2.10 bits per heavy atom. The molecule has 0 radical (unpaired) electrons. The van der Waals surface area contributed by atoms with Gasteiger partial charge in [-0.25, -0.2) is 4.79 Å². The molecule has 4 nitrogen and oxygen atoms in total. The maximum absolute atomic E-state index is 12.0. The highest BCUT2D eigenvalue weighted by Gasteiger charge is 2.10. The summed E-state index contributed by atoms with van der Waals surface area (Å²) >= 11 is 0. The molecule has 2 aromatic carbocycles. The van der Waals surface area contributed by atoms with Crippen molar-refractivity contribution in [1.82, 2.24) is 5.32 Å². The molecule has 0 atom stereocenters. The lowest BCUT2D eigenvalue weighted by molar-refractivity contribution is -0.133. The summed E-state index contributed by atoms with van der Waals surface area (Å²) in [6.45, 7) is 0.348. The minimum absolute atomic E-state index is 0.118. The Morgan fingerprint density at radius 1 is 0.952 bits per heavy atom. The molecule has 0 unspecified atom stereocenters. The molecule has 0 saturated carbocycles. The molecular weight excluding hydrogens is 266 g/mol. The van der Waals surface area contributed by atoms with Crippen LogP contribution in [0.3, 0.4) is 0 Å². The number of hydrogen-bond acceptors (Lipinski definition) is 3. The first-order chi connectivity index (χ1) is 10.2. The summed E-state index contributed by atoms with van der Waals surface area (Å²) in [4.78, 5) is 23.2. The highest BCUT2D eigenvalue weighted by atomic mass is 16.4. The highest BCUT2D eigenvalue weighted by molar-refractivity contribution is 6.08. The lowest BCUT2D eigenvalue weighted by Crippen LogP contribution is -2.21. The lowest BCUT2D eigenvalue weighted by Gasteiger charge is -2.07. The normalized spacial score (nSPS) is 11.0. The zero-order valence-corrected chi connectivity index (χ0v) is 11.3. The molecule has 0 aromatic heterocycles. The van der Waals surface area contributed by atoms with E-state index in [1.807, 2.05) is 30.3 Å². The van der Waals surface area contributed by atoms with Crippen LogP contribution in [-0.2, 0) is 11.3 Å². The number of hydrogen-bond donors (Lipinski definition) is 2. The van der Waals surface area contributed by atoms with Crippen molar-refractivity contribution in [2.24, 2.45) is 0 Å². The fraction of sp³-hybridized carbons (Fsp3) is 0.0588. The van der Waals surface area contributed by atoms with Gasteiger partial charge in [0.2, 0.25) is 0 Å². The van der Waals surface area contributed by atoms with E-state index in [4.69, 9.17) is 5.11 Å². The van der Waals surface area contributed by atoms with Gasteiger partial charge in [0.15, 0.2) is 5.78 Å². The second kappa shape index (κ2) is 7.05. The summed E-state index contributed by atoms with van der Waals surface area (Å²) in [6.07, 6.45) is 1.11. The van der Waals surface area contributed by atoms with Gasteiger partial charge in [-0.3, -0.25) is 4.79 Å². The Bertz CT molecular complexity index is 648. The summed E-state index contributed by atoms with van der Waals surface area (Å²) < 4.78 is 0. The SMILES string of the molecule is O=C(O)C(=CC(=O)c1ccccc1)NCc1ccccc1. The molecule has 0 aliphatic heterocycles. The van der Waals surface area contributed by atoms with Crippen LogP contribution in [0.2, 0.25) is 0 Å². The quantitative estimate of drug-likeness (QED) is 0.631. The number of carboxylic acid groups (broad SMARTS) is 1. The van der Waals surface area contributed by atoms with Crippen LogP contribution >= 0.6 is 0 Å². The molecule has 0 aliphatic rings. The van der Waals surface area contributed by atoms with Crippen LogP contribution < -0.4 is 5.32 Å². The molecule has 106 valence electrons. The lowest BCUT2D eigenvalue weighted by atomic mass is 10.1. The molecule has 4 heteroatoms. The first kappa shape index (κ1) is 14.5. The van der Waals surface area contributed by atoms with Crippen LogP contribution in [0, 0.1) is 0 Å². The summed E-state index contributed by atoms with van der Waals surface area (Å²) in [7, 11) is 0. The van der Waals surface area contributed by atoms with Gasteiger partial charge in [0.25, 0.3) is 0 Å². The average molecular weight is 281 g/mol. The summed E-state index contributed by atoms with van der Waals surface area (Å²) in [5.41, 5.74) is 1.28. The topological polar surface area (TPSA) is 66.4 Å². The van der Waals surface area contributed by atoms with Gasteiger partial charge in [-0.1, -0.05) is 60.7 Å². The predicted octanol–water partition coefficient (Wildman–Crippen LogP) is 2.63. The van der Waals surface area contributed by atoms with Gasteiger partial charge in [0.05, 0.1) is 0 Å². The second-order valence-electron chi connectivity index (χ2n) is 4.43. The van der Waals surface area contributed by atoms with Crippen LogP contribution in [0.25, 0.3) is 0 Å². The fourth-order valence-electron chi connectivity index (χ4n) is 1.80. The Hall–Kier alpha value is -2.88. The standard InChI is InChI=1S/C17H15NO3/c19-16(14-9-5-2-6-10-14)11-15(17(20)21)18-12-13-7-3-1-4-8-13/h1-11,18H,12H2,(H,20,21). The predicted molar refractivity (Wildman–Crippen MR) is 79.8 cm³/mol. The minimum Gasteiger partial charge on any atom is -0.477 e. The van der Waals surface area contributed by atoms with Crippen LogP contribution in [0.1, 0.15) is 15.9 Å². The highest BCUT2D eigenvalue weighted by Crippen LogP contribution is 2.04. The average Bonchev–Trinajstić information content (AvgIpc) is 2.52. The second-order valence-corrected chi connectivity index (χ2v) is 4.43. The Balaban J connectivity index is 2.10. The van der Waals surface area contributed by atoms with Crippen molar-refractivity contribution in [3.8, 4) is 0 Å². The van der Waals surface area contributed by atoms with Crippen molar-refractivity contribution in [2.75, 3.05) is 0 Å². The van der Waals surface area contributed by atoms with Crippen molar-refractivity contribution in [3.05, 3.63) is 83.6 Å². The van der Waals surface area contributed by atoms with E-state index in [9.17, 15) is 9.59 Å². The number of nitrogens with one attached hydrogen (secondary N) is 1. The van der Waals surface area contributed by atoms with Gasteiger partial charge in [-0.15, -0.1) is 0 Å². The van der Waals surface area contributed by atoms with E-state index < -0.39 is 5.97 Å². The van der Waals surface area contributed by atoms with Crippen LogP contribution in [-0.4, -0.2) is 16.9 Å². The summed E-state index contributed by atoms with van der Waals surface area (Å²) in [5, 5.41) is 11.9. The monoisotopic (exact) mass is 281 g/mol. The third-order valence-corrected chi connectivity index (χ3v) is 2.89. The number of rotatable bonds is 6. The van der Waals surface area contributed by atoms with E-state index in [-0.39, 0.29) is 11.5 Å². The molecule has 0 fully saturated rings. The molecule has 0 aliphatic carbocycles. The maximum atomic E-state index is 12.0. The third-order valence-electron chi connectivity index (χ3n) is 2.89. The molecule has 2 N–H and O–H groups in total. The van der Waals surface area contributed by atoms with E-state index in [1.54, 1.807) is 30.3 Å². The van der Waals surface area contributed by atoms with Gasteiger partial charge in [0.1, 0.15) is 5.70 Å². The van der Waals surface area contributed by atoms with Crippen molar-refractivity contribution in [3.63, 3.8) is 0 Å². The molecule has 0 spiro atoms. The van der Waals surface area contributed by atoms with Crippen molar-refractivity contribution >= 4 is 11.8 Å². The molecule has 2 aromatic rings. The zero-order valence-electron chi connectivity index (χ0n) is 11.3. The largest absolute Gasteiger partial charge is 0.477 e. The van der Waals surface area contributed by atoms with Gasteiger partial charge in [-0.2, -0.15) is 0 Å². The van der Waals surface area contributed by atoms with Gasteiger partial charge < -0.3 is 10.4 Å². The summed E-state index contributed by atoms with van der Waals surface area (Å²) in [5.74, 6) is -1.50. The Kier molecular flexibility index (Phi) is 4.88. The van der Waals surface area contributed by atoms with E-state index in [0.717, 1.165) is 11.6 Å². The maximum Gasteiger partial charge on any atom is 0.352 e. The number of ketones is 1. The number of allylic oxidation sites excluding steroid dienone is 1. The summed E-state index contributed by atoms with van der Waals surface area (Å²) in [6, 6.07) is 18.0. The first-order valence-electron chi connectivity index (χ1n) is 6.49. The fourth-order valence-corrected chi connectivity index (χ4v) is 1.80.